The van der Waals surface area contributed by atoms with Crippen molar-refractivity contribution < 1.29 is 4.79 Å². The number of hydrazine groups is 1. The lowest BCUT2D eigenvalue weighted by atomic mass is 9.81. The molecule has 1 unspecified atom stereocenters. The van der Waals surface area contributed by atoms with Crippen LogP contribution < -0.4 is 5.01 Å². The summed E-state index contributed by atoms with van der Waals surface area (Å²) in [5, 5.41) is 4.29. The summed E-state index contributed by atoms with van der Waals surface area (Å²) in [4.78, 5) is 12.1. The van der Waals surface area contributed by atoms with Gasteiger partial charge in [-0.05, 0) is 30.4 Å². The van der Waals surface area contributed by atoms with Crippen LogP contribution in [0.3, 0.4) is 0 Å². The Morgan fingerprint density at radius 3 is 2.68 bits per heavy atom. The number of benzene rings is 1. The van der Waals surface area contributed by atoms with Crippen molar-refractivity contribution in [3.63, 3.8) is 0 Å². The van der Waals surface area contributed by atoms with E-state index in [1.807, 2.05) is 11.1 Å². The molecule has 1 aromatic rings. The van der Waals surface area contributed by atoms with Crippen LogP contribution in [0.25, 0.3) is 0 Å². The van der Waals surface area contributed by atoms with Crippen LogP contribution in [0.15, 0.2) is 24.3 Å². The van der Waals surface area contributed by atoms with Crippen molar-refractivity contribution in [3.05, 3.63) is 29.8 Å². The maximum atomic E-state index is 12.1. The lowest BCUT2D eigenvalue weighted by Crippen LogP contribution is -2.38. The van der Waals surface area contributed by atoms with Gasteiger partial charge in [-0.25, -0.2) is 10.0 Å². The van der Waals surface area contributed by atoms with Crippen molar-refractivity contribution in [2.45, 2.75) is 44.6 Å². The molecule has 1 aromatic carbocycles. The van der Waals surface area contributed by atoms with Crippen LogP contribution in [-0.4, -0.2) is 17.5 Å². The predicted molar refractivity (Wildman–Crippen MR) is 74.6 cm³/mol. The van der Waals surface area contributed by atoms with Crippen LogP contribution in [0.5, 0.6) is 0 Å². The first-order valence-corrected chi connectivity index (χ1v) is 7.55. The molecule has 0 spiro atoms. The summed E-state index contributed by atoms with van der Waals surface area (Å²) in [6, 6.07) is 8.94. The monoisotopic (exact) mass is 256 g/mol. The Labute approximate surface area is 114 Å². The molecule has 3 aliphatic rings. The molecule has 1 saturated carbocycles. The number of hydrogen-bond donors (Lipinski definition) is 0. The first kappa shape index (κ1) is 11.5. The Kier molecular flexibility index (Phi) is 2.62. The topological polar surface area (TPSA) is 23.6 Å². The van der Waals surface area contributed by atoms with Gasteiger partial charge in [-0.1, -0.05) is 37.5 Å². The van der Waals surface area contributed by atoms with Gasteiger partial charge in [-0.15, -0.1) is 0 Å². The highest BCUT2D eigenvalue weighted by atomic mass is 16.2. The van der Waals surface area contributed by atoms with Gasteiger partial charge in [0.05, 0.1) is 11.7 Å². The zero-order valence-corrected chi connectivity index (χ0v) is 11.2. The van der Waals surface area contributed by atoms with Crippen molar-refractivity contribution >= 4 is 11.6 Å². The average molecular weight is 256 g/mol. The third-order valence-corrected chi connectivity index (χ3v) is 4.95. The lowest BCUT2D eigenvalue weighted by molar-refractivity contribution is -0.118. The quantitative estimate of drug-likeness (QED) is 0.770. The van der Waals surface area contributed by atoms with Crippen LogP contribution >= 0.6 is 0 Å². The molecule has 1 atom stereocenters. The summed E-state index contributed by atoms with van der Waals surface area (Å²) < 4.78 is 0. The Morgan fingerprint density at radius 1 is 1.05 bits per heavy atom. The third kappa shape index (κ3) is 1.64. The Morgan fingerprint density at radius 2 is 1.84 bits per heavy atom. The minimum absolute atomic E-state index is 0.269. The molecule has 0 N–H and O–H groups in total. The molecule has 3 nitrogen and oxygen atoms in total. The molecule has 1 amide bonds. The number of nitrogens with zero attached hydrogens (tertiary/aromatic N) is 2. The number of carbonyl (C=O) groups excluding carboxylic acids is 1. The van der Waals surface area contributed by atoms with E-state index in [0.717, 1.165) is 18.2 Å². The van der Waals surface area contributed by atoms with Gasteiger partial charge in [0.1, 0.15) is 0 Å². The Bertz CT molecular complexity index is 507. The van der Waals surface area contributed by atoms with Crippen molar-refractivity contribution in [3.8, 4) is 0 Å². The number of hydrogen-bond acceptors (Lipinski definition) is 2. The molecule has 1 saturated heterocycles. The molecule has 2 aliphatic heterocycles. The molecular formula is C16H20N2O. The molecule has 100 valence electrons. The zero-order chi connectivity index (χ0) is 12.8. The smallest absolute Gasteiger partial charge is 0.242 e. The number of carbonyl (C=O) groups is 1. The summed E-state index contributed by atoms with van der Waals surface area (Å²) in [6.07, 6.45) is 7.40. The van der Waals surface area contributed by atoms with E-state index in [0.29, 0.717) is 12.5 Å². The van der Waals surface area contributed by atoms with Crippen molar-refractivity contribution in [1.29, 1.82) is 0 Å². The summed E-state index contributed by atoms with van der Waals surface area (Å²) in [7, 11) is 0. The van der Waals surface area contributed by atoms with Gasteiger partial charge in [0, 0.05) is 13.0 Å². The van der Waals surface area contributed by atoms with E-state index in [1.165, 1.54) is 37.7 Å². The molecular weight excluding hydrogens is 236 g/mol. The van der Waals surface area contributed by atoms with E-state index in [9.17, 15) is 4.79 Å². The van der Waals surface area contributed by atoms with E-state index < -0.39 is 0 Å². The number of amides is 1. The van der Waals surface area contributed by atoms with E-state index in [1.54, 1.807) is 0 Å². The highest BCUT2D eigenvalue weighted by Crippen LogP contribution is 2.49. The molecule has 19 heavy (non-hydrogen) atoms. The predicted octanol–water partition coefficient (Wildman–Crippen LogP) is 3.28. The molecule has 0 bridgehead atoms. The molecule has 4 rings (SSSR count). The van der Waals surface area contributed by atoms with E-state index >= 15 is 0 Å². The zero-order valence-electron chi connectivity index (χ0n) is 11.2. The van der Waals surface area contributed by atoms with Crippen LogP contribution in [-0.2, 0) is 4.79 Å². The Hall–Kier alpha value is -1.35. The second-order valence-electron chi connectivity index (χ2n) is 6.02. The number of anilines is 1. The first-order chi connectivity index (χ1) is 9.36. The van der Waals surface area contributed by atoms with Gasteiger partial charge in [0.15, 0.2) is 0 Å². The second kappa shape index (κ2) is 4.34. The van der Waals surface area contributed by atoms with Gasteiger partial charge >= 0.3 is 0 Å². The van der Waals surface area contributed by atoms with Crippen LogP contribution in [0.4, 0.5) is 5.69 Å². The minimum atomic E-state index is 0.269. The molecule has 3 heteroatoms. The van der Waals surface area contributed by atoms with Crippen molar-refractivity contribution in [2.75, 3.05) is 11.6 Å². The number of fused-ring (bicyclic) bond motifs is 3. The molecule has 0 aromatic heterocycles. The van der Waals surface area contributed by atoms with E-state index in [-0.39, 0.29) is 5.91 Å². The largest absolute Gasteiger partial charge is 0.273 e. The van der Waals surface area contributed by atoms with Gasteiger partial charge < -0.3 is 0 Å². The first-order valence-electron chi connectivity index (χ1n) is 7.55. The standard InChI is InChI=1S/C16H20N2O/c19-15-10-11-17-16(12-6-2-1-3-7-12)13-8-4-5-9-14(13)18(15)17/h4-5,8-9,12,16H,1-3,6-7,10-11H2. The van der Waals surface area contributed by atoms with Crippen LogP contribution in [0.2, 0.25) is 0 Å². The Balaban J connectivity index is 1.76. The van der Waals surface area contributed by atoms with Gasteiger partial charge in [-0.3, -0.25) is 4.79 Å². The summed E-state index contributed by atoms with van der Waals surface area (Å²) >= 11 is 0. The summed E-state index contributed by atoms with van der Waals surface area (Å²) in [6.45, 7) is 0.898. The van der Waals surface area contributed by atoms with E-state index in [4.69, 9.17) is 0 Å². The number of rotatable bonds is 1. The lowest BCUT2D eigenvalue weighted by Gasteiger charge is -2.33. The van der Waals surface area contributed by atoms with Crippen molar-refractivity contribution in [1.82, 2.24) is 5.01 Å². The van der Waals surface area contributed by atoms with Gasteiger partial charge in [0.25, 0.3) is 0 Å². The number of para-hydroxylation sites is 1. The van der Waals surface area contributed by atoms with Gasteiger partial charge in [-0.2, -0.15) is 0 Å². The highest BCUT2D eigenvalue weighted by Gasteiger charge is 2.46. The van der Waals surface area contributed by atoms with Crippen LogP contribution in [0, 0.1) is 5.92 Å². The van der Waals surface area contributed by atoms with Crippen LogP contribution in [0.1, 0.15) is 50.1 Å². The fourth-order valence-corrected chi connectivity index (χ4v) is 4.13. The van der Waals surface area contributed by atoms with Crippen molar-refractivity contribution in [2.24, 2.45) is 5.92 Å². The maximum absolute atomic E-state index is 12.1. The normalized spacial score (nSPS) is 27.7. The fraction of sp³-hybridized carbons (Fsp3) is 0.562. The molecule has 2 heterocycles. The van der Waals surface area contributed by atoms with E-state index in [2.05, 4.69) is 23.2 Å². The molecule has 2 fully saturated rings. The molecule has 0 radical (unpaired) electrons. The highest BCUT2D eigenvalue weighted by molar-refractivity contribution is 5.96. The summed E-state index contributed by atoms with van der Waals surface area (Å²) in [5.74, 6) is 0.997. The fourth-order valence-electron chi connectivity index (χ4n) is 4.13. The molecule has 1 aliphatic carbocycles. The van der Waals surface area contributed by atoms with Gasteiger partial charge in [0.2, 0.25) is 5.91 Å². The average Bonchev–Trinajstić information content (AvgIpc) is 2.98. The SMILES string of the molecule is O=C1CCN2C(C3CCCCC3)c3ccccc3N12. The second-order valence-corrected chi connectivity index (χ2v) is 6.02. The maximum Gasteiger partial charge on any atom is 0.242 e. The third-order valence-electron chi connectivity index (χ3n) is 4.95. The minimum Gasteiger partial charge on any atom is -0.273 e. The summed E-state index contributed by atoms with van der Waals surface area (Å²) in [5.41, 5.74) is 2.52.